The van der Waals surface area contributed by atoms with Crippen LogP contribution in [-0.4, -0.2) is 30.9 Å². The highest BCUT2D eigenvalue weighted by atomic mass is 16.2. The lowest BCUT2D eigenvalue weighted by molar-refractivity contribution is 0.0946. The van der Waals surface area contributed by atoms with Gasteiger partial charge in [0.05, 0.1) is 5.69 Å². The maximum atomic E-state index is 12.9. The van der Waals surface area contributed by atoms with Gasteiger partial charge in [-0.25, -0.2) is 4.68 Å². The van der Waals surface area contributed by atoms with Gasteiger partial charge < -0.3 is 5.32 Å². The largest absolute Gasteiger partial charge is 0.346 e. The first-order valence-corrected chi connectivity index (χ1v) is 9.38. The van der Waals surface area contributed by atoms with Crippen molar-refractivity contribution in [2.24, 2.45) is 0 Å². The Hall–Kier alpha value is -3.87. The lowest BCUT2D eigenvalue weighted by Gasteiger charge is -2.09. The van der Waals surface area contributed by atoms with E-state index in [-0.39, 0.29) is 11.6 Å². The molecule has 0 spiro atoms. The van der Waals surface area contributed by atoms with Crippen molar-refractivity contribution >= 4 is 5.91 Å². The van der Waals surface area contributed by atoms with Crippen LogP contribution in [0.2, 0.25) is 0 Å². The van der Waals surface area contributed by atoms with Crippen molar-refractivity contribution in [2.75, 3.05) is 0 Å². The monoisotopic (exact) mass is 384 g/mol. The van der Waals surface area contributed by atoms with E-state index in [1.165, 1.54) is 5.56 Å². The van der Waals surface area contributed by atoms with Crippen molar-refractivity contribution < 1.29 is 4.79 Å². The number of benzene rings is 1. The number of amides is 1. The SMILES string of the molecule is CCc1ccc(-n2nnc(C(=O)NCc3ccncc3)c2-c2ccncc2)cc1. The summed E-state index contributed by atoms with van der Waals surface area (Å²) >= 11 is 0. The summed E-state index contributed by atoms with van der Waals surface area (Å²) in [5, 5.41) is 11.4. The van der Waals surface area contributed by atoms with Crippen LogP contribution >= 0.6 is 0 Å². The Balaban J connectivity index is 1.70. The van der Waals surface area contributed by atoms with Gasteiger partial charge in [-0.2, -0.15) is 0 Å². The van der Waals surface area contributed by atoms with Gasteiger partial charge >= 0.3 is 0 Å². The average molecular weight is 384 g/mol. The van der Waals surface area contributed by atoms with Gasteiger partial charge in [-0.3, -0.25) is 14.8 Å². The van der Waals surface area contributed by atoms with Crippen LogP contribution < -0.4 is 5.32 Å². The molecule has 0 aliphatic rings. The molecular weight excluding hydrogens is 364 g/mol. The summed E-state index contributed by atoms with van der Waals surface area (Å²) in [7, 11) is 0. The third kappa shape index (κ3) is 4.03. The molecule has 0 unspecified atom stereocenters. The van der Waals surface area contributed by atoms with Gasteiger partial charge in [-0.1, -0.05) is 24.3 Å². The smallest absolute Gasteiger partial charge is 0.274 e. The molecule has 0 fully saturated rings. The molecular formula is C22H20N6O. The van der Waals surface area contributed by atoms with Crippen LogP contribution in [0.4, 0.5) is 0 Å². The summed E-state index contributed by atoms with van der Waals surface area (Å²) in [6.07, 6.45) is 7.72. The van der Waals surface area contributed by atoms with Crippen molar-refractivity contribution in [3.05, 3.63) is 90.1 Å². The van der Waals surface area contributed by atoms with Crippen LogP contribution in [0.25, 0.3) is 16.9 Å². The predicted molar refractivity (Wildman–Crippen MR) is 109 cm³/mol. The number of rotatable bonds is 6. The van der Waals surface area contributed by atoms with E-state index in [0.717, 1.165) is 23.2 Å². The first-order valence-electron chi connectivity index (χ1n) is 9.38. The number of hydrogen-bond acceptors (Lipinski definition) is 5. The number of nitrogens with one attached hydrogen (secondary N) is 1. The summed E-state index contributed by atoms with van der Waals surface area (Å²) in [6, 6.07) is 15.5. The van der Waals surface area contributed by atoms with Crippen molar-refractivity contribution in [3.8, 4) is 16.9 Å². The fourth-order valence-electron chi connectivity index (χ4n) is 3.02. The Labute approximate surface area is 168 Å². The zero-order chi connectivity index (χ0) is 20.1. The summed E-state index contributed by atoms with van der Waals surface area (Å²) in [6.45, 7) is 2.49. The Morgan fingerprint density at radius 2 is 1.55 bits per heavy atom. The highest BCUT2D eigenvalue weighted by molar-refractivity contribution is 5.98. The Morgan fingerprint density at radius 1 is 0.897 bits per heavy atom. The van der Waals surface area contributed by atoms with Crippen molar-refractivity contribution in [1.82, 2.24) is 30.3 Å². The standard InChI is InChI=1S/C22H20N6O/c1-2-16-3-5-19(6-4-16)28-21(18-9-13-24-14-10-18)20(26-27-28)22(29)25-15-17-7-11-23-12-8-17/h3-14H,2,15H2,1H3,(H,25,29). The number of aromatic nitrogens is 5. The molecule has 7 heteroatoms. The van der Waals surface area contributed by atoms with Crippen LogP contribution in [-0.2, 0) is 13.0 Å². The van der Waals surface area contributed by atoms with E-state index >= 15 is 0 Å². The van der Waals surface area contributed by atoms with Gasteiger partial charge in [0.15, 0.2) is 5.69 Å². The van der Waals surface area contributed by atoms with Gasteiger partial charge in [0.1, 0.15) is 5.69 Å². The minimum Gasteiger partial charge on any atom is -0.346 e. The summed E-state index contributed by atoms with van der Waals surface area (Å²) < 4.78 is 1.69. The van der Waals surface area contributed by atoms with Gasteiger partial charge in [0.25, 0.3) is 5.91 Å². The molecule has 4 rings (SSSR count). The van der Waals surface area contributed by atoms with Gasteiger partial charge in [0, 0.05) is 36.9 Å². The Morgan fingerprint density at radius 3 is 2.21 bits per heavy atom. The third-order valence-electron chi connectivity index (χ3n) is 4.63. The highest BCUT2D eigenvalue weighted by Crippen LogP contribution is 2.25. The maximum absolute atomic E-state index is 12.9. The number of pyridine rings is 2. The van der Waals surface area contributed by atoms with E-state index in [4.69, 9.17) is 0 Å². The number of aryl methyl sites for hydroxylation is 1. The second-order valence-corrected chi connectivity index (χ2v) is 6.49. The van der Waals surface area contributed by atoms with Crippen molar-refractivity contribution in [2.45, 2.75) is 19.9 Å². The minimum atomic E-state index is -0.287. The zero-order valence-electron chi connectivity index (χ0n) is 16.0. The average Bonchev–Trinajstić information content (AvgIpc) is 3.24. The van der Waals surface area contributed by atoms with E-state index in [1.54, 1.807) is 29.5 Å². The lowest BCUT2D eigenvalue weighted by Crippen LogP contribution is -2.24. The van der Waals surface area contributed by atoms with Gasteiger partial charge in [0.2, 0.25) is 0 Å². The Kier molecular flexibility index (Phi) is 5.38. The maximum Gasteiger partial charge on any atom is 0.274 e. The molecule has 0 radical (unpaired) electrons. The van der Waals surface area contributed by atoms with Crippen molar-refractivity contribution in [3.63, 3.8) is 0 Å². The molecule has 1 amide bonds. The summed E-state index contributed by atoms with van der Waals surface area (Å²) in [5.41, 5.74) is 4.75. The van der Waals surface area contributed by atoms with Crippen LogP contribution in [0.3, 0.4) is 0 Å². The van der Waals surface area contributed by atoms with Crippen LogP contribution in [0.1, 0.15) is 28.5 Å². The fourth-order valence-corrected chi connectivity index (χ4v) is 3.02. The molecule has 0 saturated heterocycles. The molecule has 0 aliphatic heterocycles. The highest BCUT2D eigenvalue weighted by Gasteiger charge is 2.22. The number of hydrogen-bond donors (Lipinski definition) is 1. The second kappa shape index (κ2) is 8.43. The number of carbonyl (C=O) groups is 1. The molecule has 144 valence electrons. The van der Waals surface area contributed by atoms with Gasteiger partial charge in [-0.05, 0) is 53.9 Å². The molecule has 0 aliphatic carbocycles. The molecule has 29 heavy (non-hydrogen) atoms. The molecule has 1 aromatic carbocycles. The van der Waals surface area contributed by atoms with E-state index < -0.39 is 0 Å². The van der Waals surface area contributed by atoms with Gasteiger partial charge in [-0.15, -0.1) is 5.10 Å². The molecule has 0 bridgehead atoms. The number of carbonyl (C=O) groups excluding carboxylic acids is 1. The summed E-state index contributed by atoms with van der Waals surface area (Å²) in [4.78, 5) is 21.0. The first-order chi connectivity index (χ1) is 14.3. The first kappa shape index (κ1) is 18.5. The van der Waals surface area contributed by atoms with E-state index in [0.29, 0.717) is 12.2 Å². The lowest BCUT2D eigenvalue weighted by atomic mass is 10.1. The third-order valence-corrected chi connectivity index (χ3v) is 4.63. The predicted octanol–water partition coefficient (Wildman–Crippen LogP) is 3.22. The summed E-state index contributed by atoms with van der Waals surface area (Å²) in [5.74, 6) is -0.287. The van der Waals surface area contributed by atoms with Crippen LogP contribution in [0, 0.1) is 0 Å². The number of nitrogens with zero attached hydrogens (tertiary/aromatic N) is 5. The van der Waals surface area contributed by atoms with E-state index in [1.807, 2.05) is 36.4 Å². The Bertz CT molecular complexity index is 1090. The van der Waals surface area contributed by atoms with E-state index in [2.05, 4.69) is 44.7 Å². The molecule has 7 nitrogen and oxygen atoms in total. The zero-order valence-corrected chi connectivity index (χ0v) is 16.0. The molecule has 3 aromatic heterocycles. The minimum absolute atomic E-state index is 0.268. The van der Waals surface area contributed by atoms with Crippen molar-refractivity contribution in [1.29, 1.82) is 0 Å². The topological polar surface area (TPSA) is 85.6 Å². The second-order valence-electron chi connectivity index (χ2n) is 6.49. The van der Waals surface area contributed by atoms with E-state index in [9.17, 15) is 4.79 Å². The molecule has 3 heterocycles. The van der Waals surface area contributed by atoms with Crippen LogP contribution in [0.15, 0.2) is 73.3 Å². The molecule has 1 N–H and O–H groups in total. The molecule has 0 saturated carbocycles. The molecule has 4 aromatic rings. The van der Waals surface area contributed by atoms with Crippen LogP contribution in [0.5, 0.6) is 0 Å². The molecule has 0 atom stereocenters. The fraction of sp³-hybridized carbons (Fsp3) is 0.136. The quantitative estimate of drug-likeness (QED) is 0.552. The normalized spacial score (nSPS) is 10.7.